The number of amides is 2. The SMILES string of the molecule is CC(CN)C(=O)NCCNC(=O)c1cccnc1.Cl.Cl. The van der Waals surface area contributed by atoms with Gasteiger partial charge in [-0.25, -0.2) is 0 Å². The van der Waals surface area contributed by atoms with Gasteiger partial charge < -0.3 is 16.4 Å². The monoisotopic (exact) mass is 322 g/mol. The van der Waals surface area contributed by atoms with E-state index in [9.17, 15) is 9.59 Å². The first kappa shape index (κ1) is 20.9. The lowest BCUT2D eigenvalue weighted by atomic mass is 10.2. The summed E-state index contributed by atoms with van der Waals surface area (Å²) in [5, 5.41) is 5.38. The van der Waals surface area contributed by atoms with Crippen molar-refractivity contribution in [1.29, 1.82) is 0 Å². The van der Waals surface area contributed by atoms with Crippen LogP contribution in [-0.4, -0.2) is 36.4 Å². The molecule has 6 nitrogen and oxygen atoms in total. The number of carbonyl (C=O) groups is 2. The molecule has 1 atom stereocenters. The molecular formula is C12H20Cl2N4O2. The summed E-state index contributed by atoms with van der Waals surface area (Å²) in [5.41, 5.74) is 5.86. The van der Waals surface area contributed by atoms with Gasteiger partial charge in [-0.2, -0.15) is 0 Å². The molecule has 0 bridgehead atoms. The van der Waals surface area contributed by atoms with Crippen molar-refractivity contribution in [3.05, 3.63) is 30.1 Å². The van der Waals surface area contributed by atoms with Crippen molar-refractivity contribution in [2.45, 2.75) is 6.92 Å². The lowest BCUT2D eigenvalue weighted by Crippen LogP contribution is -2.38. The van der Waals surface area contributed by atoms with Crippen molar-refractivity contribution in [1.82, 2.24) is 15.6 Å². The maximum absolute atomic E-state index is 11.6. The minimum absolute atomic E-state index is 0. The van der Waals surface area contributed by atoms with Crippen LogP contribution in [0.4, 0.5) is 0 Å². The third kappa shape index (κ3) is 7.28. The fourth-order valence-electron chi connectivity index (χ4n) is 1.24. The largest absolute Gasteiger partial charge is 0.354 e. The molecule has 1 aromatic heterocycles. The lowest BCUT2D eigenvalue weighted by molar-refractivity contribution is -0.124. The zero-order chi connectivity index (χ0) is 13.4. The number of aromatic nitrogens is 1. The van der Waals surface area contributed by atoms with E-state index in [2.05, 4.69) is 15.6 Å². The molecule has 0 radical (unpaired) electrons. The standard InChI is InChI=1S/C12H18N4O2.2ClH/c1-9(7-13)11(17)15-5-6-16-12(18)10-3-2-4-14-8-10;;/h2-4,8-9H,5-7,13H2,1H3,(H,15,17)(H,16,18);2*1H. The number of carbonyl (C=O) groups excluding carboxylic acids is 2. The first-order chi connectivity index (χ1) is 8.65. The molecule has 1 rings (SSSR count). The van der Waals surface area contributed by atoms with Crippen LogP contribution < -0.4 is 16.4 Å². The van der Waals surface area contributed by atoms with Crippen LogP contribution in [0, 0.1) is 5.92 Å². The number of hydrogen-bond acceptors (Lipinski definition) is 4. The smallest absolute Gasteiger partial charge is 0.252 e. The third-order valence-electron chi connectivity index (χ3n) is 2.43. The molecular weight excluding hydrogens is 303 g/mol. The number of nitrogens with two attached hydrogens (primary N) is 1. The van der Waals surface area contributed by atoms with Crippen LogP contribution in [0.25, 0.3) is 0 Å². The summed E-state index contributed by atoms with van der Waals surface area (Å²) in [6.45, 7) is 2.82. The van der Waals surface area contributed by atoms with Gasteiger partial charge in [0.2, 0.25) is 5.91 Å². The van der Waals surface area contributed by atoms with Gasteiger partial charge in [0.1, 0.15) is 0 Å². The molecule has 1 heterocycles. The molecule has 0 aromatic carbocycles. The average molecular weight is 323 g/mol. The molecule has 20 heavy (non-hydrogen) atoms. The summed E-state index contributed by atoms with van der Waals surface area (Å²) < 4.78 is 0. The van der Waals surface area contributed by atoms with E-state index in [4.69, 9.17) is 5.73 Å². The highest BCUT2D eigenvalue weighted by Crippen LogP contribution is 1.94. The van der Waals surface area contributed by atoms with E-state index in [-0.39, 0.29) is 42.5 Å². The number of rotatable bonds is 6. The Morgan fingerprint density at radius 1 is 1.30 bits per heavy atom. The molecule has 8 heteroatoms. The Kier molecular flexibility index (Phi) is 12.0. The fourth-order valence-corrected chi connectivity index (χ4v) is 1.24. The number of hydrogen-bond donors (Lipinski definition) is 3. The number of pyridine rings is 1. The lowest BCUT2D eigenvalue weighted by Gasteiger charge is -2.10. The molecule has 1 unspecified atom stereocenters. The maximum atomic E-state index is 11.6. The van der Waals surface area contributed by atoms with Crippen molar-refractivity contribution in [2.24, 2.45) is 11.7 Å². The molecule has 0 aliphatic carbocycles. The predicted molar refractivity (Wildman–Crippen MR) is 82.3 cm³/mol. The van der Waals surface area contributed by atoms with Crippen molar-refractivity contribution in [2.75, 3.05) is 19.6 Å². The summed E-state index contributed by atoms with van der Waals surface area (Å²) in [5.74, 6) is -0.517. The fraction of sp³-hybridized carbons (Fsp3) is 0.417. The molecule has 0 fully saturated rings. The van der Waals surface area contributed by atoms with Gasteiger partial charge in [0.05, 0.1) is 5.56 Å². The second kappa shape index (κ2) is 11.5. The van der Waals surface area contributed by atoms with E-state index in [1.807, 2.05) is 0 Å². The van der Waals surface area contributed by atoms with Crippen LogP contribution >= 0.6 is 24.8 Å². The van der Waals surface area contributed by atoms with Gasteiger partial charge >= 0.3 is 0 Å². The molecule has 1 aromatic rings. The van der Waals surface area contributed by atoms with E-state index < -0.39 is 0 Å². The van der Waals surface area contributed by atoms with E-state index in [1.165, 1.54) is 6.20 Å². The highest BCUT2D eigenvalue weighted by molar-refractivity contribution is 5.93. The van der Waals surface area contributed by atoms with Crippen LogP contribution in [-0.2, 0) is 4.79 Å². The van der Waals surface area contributed by atoms with Crippen molar-refractivity contribution >= 4 is 36.6 Å². The first-order valence-corrected chi connectivity index (χ1v) is 5.81. The third-order valence-corrected chi connectivity index (χ3v) is 2.43. The van der Waals surface area contributed by atoms with Crippen LogP contribution in [0.15, 0.2) is 24.5 Å². The molecule has 4 N–H and O–H groups in total. The Balaban J connectivity index is 0. The van der Waals surface area contributed by atoms with E-state index in [1.54, 1.807) is 25.3 Å². The summed E-state index contributed by atoms with van der Waals surface area (Å²) in [4.78, 5) is 26.8. The number of nitrogens with one attached hydrogen (secondary N) is 2. The summed E-state index contributed by atoms with van der Waals surface area (Å²) in [7, 11) is 0. The minimum atomic E-state index is -0.209. The molecule has 0 aliphatic rings. The summed E-state index contributed by atoms with van der Waals surface area (Å²) >= 11 is 0. The van der Waals surface area contributed by atoms with E-state index in [0.717, 1.165) is 0 Å². The Labute approximate surface area is 130 Å². The number of halogens is 2. The Hall–Kier alpha value is -1.37. The van der Waals surface area contributed by atoms with Gasteiger partial charge in [0, 0.05) is 37.9 Å². The van der Waals surface area contributed by atoms with Gasteiger partial charge in [0.15, 0.2) is 0 Å². The normalized spacial score (nSPS) is 10.5. The van der Waals surface area contributed by atoms with Gasteiger partial charge in [-0.1, -0.05) is 6.92 Å². The molecule has 0 aliphatic heterocycles. The van der Waals surface area contributed by atoms with Crippen LogP contribution in [0.2, 0.25) is 0 Å². The zero-order valence-electron chi connectivity index (χ0n) is 11.2. The van der Waals surface area contributed by atoms with Gasteiger partial charge in [-0.05, 0) is 12.1 Å². The first-order valence-electron chi connectivity index (χ1n) is 5.81. The van der Waals surface area contributed by atoms with E-state index >= 15 is 0 Å². The quantitative estimate of drug-likeness (QED) is 0.659. The summed E-state index contributed by atoms with van der Waals surface area (Å²) in [6, 6.07) is 3.37. The zero-order valence-corrected chi connectivity index (χ0v) is 12.8. The molecule has 114 valence electrons. The second-order valence-corrected chi connectivity index (χ2v) is 3.93. The van der Waals surface area contributed by atoms with E-state index in [0.29, 0.717) is 25.2 Å². The van der Waals surface area contributed by atoms with Gasteiger partial charge in [0.25, 0.3) is 5.91 Å². The molecule has 0 saturated heterocycles. The van der Waals surface area contributed by atoms with Gasteiger partial charge in [-0.15, -0.1) is 24.8 Å². The van der Waals surface area contributed by atoms with Crippen molar-refractivity contribution < 1.29 is 9.59 Å². The summed E-state index contributed by atoms with van der Waals surface area (Å²) in [6.07, 6.45) is 3.09. The van der Waals surface area contributed by atoms with Crippen LogP contribution in [0.1, 0.15) is 17.3 Å². The Morgan fingerprint density at radius 3 is 2.50 bits per heavy atom. The van der Waals surface area contributed by atoms with Crippen molar-refractivity contribution in [3.8, 4) is 0 Å². The predicted octanol–water partition coefficient (Wildman–Crippen LogP) is 0.366. The Morgan fingerprint density at radius 2 is 1.95 bits per heavy atom. The average Bonchev–Trinajstić information content (AvgIpc) is 2.43. The van der Waals surface area contributed by atoms with Crippen LogP contribution in [0.3, 0.4) is 0 Å². The van der Waals surface area contributed by atoms with Crippen LogP contribution in [0.5, 0.6) is 0 Å². The maximum Gasteiger partial charge on any atom is 0.252 e. The molecule has 0 spiro atoms. The highest BCUT2D eigenvalue weighted by Gasteiger charge is 2.09. The molecule has 2 amide bonds. The second-order valence-electron chi connectivity index (χ2n) is 3.93. The van der Waals surface area contributed by atoms with Crippen molar-refractivity contribution in [3.63, 3.8) is 0 Å². The minimum Gasteiger partial charge on any atom is -0.354 e. The molecule has 0 saturated carbocycles. The highest BCUT2D eigenvalue weighted by atomic mass is 35.5. The number of nitrogens with zero attached hydrogens (tertiary/aromatic N) is 1. The van der Waals surface area contributed by atoms with Gasteiger partial charge in [-0.3, -0.25) is 14.6 Å². The Bertz CT molecular complexity index is 404. The topological polar surface area (TPSA) is 97.1 Å².